The van der Waals surface area contributed by atoms with Gasteiger partial charge in [0.15, 0.2) is 0 Å². The maximum absolute atomic E-state index is 12.1. The zero-order valence-electron chi connectivity index (χ0n) is 11.9. The Bertz CT molecular complexity index is 358. The van der Waals surface area contributed by atoms with Crippen molar-refractivity contribution in [3.63, 3.8) is 0 Å². The summed E-state index contributed by atoms with van der Waals surface area (Å²) in [6, 6.07) is 0. The van der Waals surface area contributed by atoms with E-state index >= 15 is 0 Å². The van der Waals surface area contributed by atoms with Gasteiger partial charge >= 0.3 is 5.97 Å². The molecule has 0 aromatic carbocycles. The lowest BCUT2D eigenvalue weighted by Crippen LogP contribution is -2.38. The van der Waals surface area contributed by atoms with Crippen LogP contribution in [-0.2, 0) is 9.59 Å². The average molecular weight is 283 g/mol. The molecular weight excluding hydrogens is 258 g/mol. The summed E-state index contributed by atoms with van der Waals surface area (Å²) in [5, 5.41) is 21.3. The highest BCUT2D eigenvalue weighted by Gasteiger charge is 2.34. The lowest BCUT2D eigenvalue weighted by Gasteiger charge is -2.30. The van der Waals surface area contributed by atoms with Crippen LogP contribution >= 0.6 is 0 Å². The Kier molecular flexibility index (Phi) is 5.40. The van der Waals surface area contributed by atoms with E-state index in [0.29, 0.717) is 37.6 Å². The summed E-state index contributed by atoms with van der Waals surface area (Å²) in [6.45, 7) is 0.823. The summed E-state index contributed by atoms with van der Waals surface area (Å²) >= 11 is 0. The van der Waals surface area contributed by atoms with Crippen molar-refractivity contribution in [3.8, 4) is 0 Å². The number of hydrogen-bond donors (Lipinski definition) is 3. The maximum atomic E-state index is 12.1. The van der Waals surface area contributed by atoms with Gasteiger partial charge in [0.2, 0.25) is 5.91 Å². The highest BCUT2D eigenvalue weighted by molar-refractivity contribution is 5.80. The van der Waals surface area contributed by atoms with Crippen LogP contribution in [0.2, 0.25) is 0 Å². The molecule has 0 aromatic heterocycles. The van der Waals surface area contributed by atoms with E-state index in [1.54, 1.807) is 0 Å². The Morgan fingerprint density at radius 1 is 1.00 bits per heavy atom. The van der Waals surface area contributed by atoms with Crippen LogP contribution in [0.5, 0.6) is 0 Å². The normalized spacial score (nSPS) is 33.9. The number of nitrogens with one attached hydrogen (secondary N) is 1. The van der Waals surface area contributed by atoms with Gasteiger partial charge < -0.3 is 15.5 Å². The first-order valence-corrected chi connectivity index (χ1v) is 7.73. The predicted molar refractivity (Wildman–Crippen MR) is 74.0 cm³/mol. The Morgan fingerprint density at radius 3 is 2.25 bits per heavy atom. The van der Waals surface area contributed by atoms with Gasteiger partial charge in [0.1, 0.15) is 0 Å². The molecule has 5 heteroatoms. The monoisotopic (exact) mass is 283 g/mol. The molecule has 0 bridgehead atoms. The summed E-state index contributed by atoms with van der Waals surface area (Å²) in [5.41, 5.74) is 0. The van der Waals surface area contributed by atoms with Gasteiger partial charge in [0.25, 0.3) is 0 Å². The maximum Gasteiger partial charge on any atom is 0.306 e. The molecule has 20 heavy (non-hydrogen) atoms. The third-order valence-corrected chi connectivity index (χ3v) is 4.99. The summed E-state index contributed by atoms with van der Waals surface area (Å²) < 4.78 is 0. The van der Waals surface area contributed by atoms with Crippen LogP contribution in [0.4, 0.5) is 0 Å². The summed E-state index contributed by atoms with van der Waals surface area (Å²) in [7, 11) is 0. The lowest BCUT2D eigenvalue weighted by atomic mass is 9.79. The van der Waals surface area contributed by atoms with E-state index in [1.807, 2.05) is 0 Å². The zero-order valence-corrected chi connectivity index (χ0v) is 11.9. The molecule has 2 aliphatic carbocycles. The molecule has 0 aromatic rings. The van der Waals surface area contributed by atoms with E-state index in [4.69, 9.17) is 5.11 Å². The number of amides is 1. The molecule has 114 valence electrons. The third kappa shape index (κ3) is 3.72. The summed E-state index contributed by atoms with van der Waals surface area (Å²) in [4.78, 5) is 23.0. The minimum absolute atomic E-state index is 0.00369. The van der Waals surface area contributed by atoms with Gasteiger partial charge in [-0.2, -0.15) is 0 Å². The Balaban J connectivity index is 1.76. The number of aliphatic carboxylic acids is 1. The molecule has 0 spiro atoms. The second kappa shape index (κ2) is 7.07. The smallest absolute Gasteiger partial charge is 0.306 e. The second-order valence-electron chi connectivity index (χ2n) is 6.28. The van der Waals surface area contributed by atoms with Gasteiger partial charge in [-0.15, -0.1) is 0 Å². The number of aliphatic hydroxyl groups excluding tert-OH is 1. The molecule has 0 heterocycles. The second-order valence-corrected chi connectivity index (χ2v) is 6.28. The van der Waals surface area contributed by atoms with Gasteiger partial charge in [0, 0.05) is 19.1 Å². The standard InChI is InChI=1S/C15H25NO4/c17-9-13-4-2-1-3-12(13)8-16-14(18)10-5-6-11(7-10)15(19)20/h10-13,17H,1-9H2,(H,16,18)(H,19,20)/t10-,11+,12?,13?/m1/s1. The highest BCUT2D eigenvalue weighted by Crippen LogP contribution is 2.32. The highest BCUT2D eigenvalue weighted by atomic mass is 16.4. The Morgan fingerprint density at radius 2 is 1.65 bits per heavy atom. The van der Waals surface area contributed by atoms with Crippen LogP contribution in [0.1, 0.15) is 44.9 Å². The molecule has 2 unspecified atom stereocenters. The van der Waals surface area contributed by atoms with Gasteiger partial charge in [-0.05, 0) is 43.9 Å². The molecule has 4 atom stereocenters. The van der Waals surface area contributed by atoms with Gasteiger partial charge in [-0.25, -0.2) is 0 Å². The predicted octanol–water partition coefficient (Wildman–Crippen LogP) is 1.40. The van der Waals surface area contributed by atoms with E-state index in [1.165, 1.54) is 12.8 Å². The number of carbonyl (C=O) groups is 2. The largest absolute Gasteiger partial charge is 0.481 e. The SMILES string of the molecule is O=C(O)[C@H]1CC[C@@H](C(=O)NCC2CCCCC2CO)C1. The summed E-state index contributed by atoms with van der Waals surface area (Å²) in [6.07, 6.45) is 6.19. The molecule has 0 aliphatic heterocycles. The first-order valence-electron chi connectivity index (χ1n) is 7.73. The van der Waals surface area contributed by atoms with Crippen molar-refractivity contribution in [1.82, 2.24) is 5.32 Å². The zero-order chi connectivity index (χ0) is 14.5. The lowest BCUT2D eigenvalue weighted by molar-refractivity contribution is -0.141. The fourth-order valence-corrected chi connectivity index (χ4v) is 3.61. The van der Waals surface area contributed by atoms with Gasteiger partial charge in [0.05, 0.1) is 5.92 Å². The Hall–Kier alpha value is -1.10. The van der Waals surface area contributed by atoms with Crippen molar-refractivity contribution in [2.24, 2.45) is 23.7 Å². The quantitative estimate of drug-likeness (QED) is 0.712. The van der Waals surface area contributed by atoms with Crippen LogP contribution in [0.15, 0.2) is 0 Å². The first kappa shape index (κ1) is 15.3. The molecule has 5 nitrogen and oxygen atoms in total. The minimum Gasteiger partial charge on any atom is -0.481 e. The molecule has 2 aliphatic rings. The van der Waals surface area contributed by atoms with Crippen LogP contribution < -0.4 is 5.32 Å². The van der Waals surface area contributed by atoms with Crippen LogP contribution in [0.25, 0.3) is 0 Å². The number of rotatable bonds is 5. The summed E-state index contributed by atoms with van der Waals surface area (Å²) in [5.74, 6) is -0.615. The van der Waals surface area contributed by atoms with Crippen molar-refractivity contribution >= 4 is 11.9 Å². The number of carboxylic acid groups (broad SMARTS) is 1. The van der Waals surface area contributed by atoms with Crippen molar-refractivity contribution < 1.29 is 19.8 Å². The molecular formula is C15H25NO4. The molecule has 1 amide bonds. The Labute approximate surface area is 119 Å². The topological polar surface area (TPSA) is 86.6 Å². The van der Waals surface area contributed by atoms with Gasteiger partial charge in [-0.3, -0.25) is 9.59 Å². The molecule has 2 fully saturated rings. The fraction of sp³-hybridized carbons (Fsp3) is 0.867. The van der Waals surface area contributed by atoms with Crippen molar-refractivity contribution in [2.45, 2.75) is 44.9 Å². The van der Waals surface area contributed by atoms with E-state index in [0.717, 1.165) is 12.8 Å². The van der Waals surface area contributed by atoms with Crippen LogP contribution in [0, 0.1) is 23.7 Å². The number of carbonyl (C=O) groups excluding carboxylic acids is 1. The van der Waals surface area contributed by atoms with Gasteiger partial charge in [-0.1, -0.05) is 12.8 Å². The van der Waals surface area contributed by atoms with E-state index in [9.17, 15) is 14.7 Å². The number of aliphatic hydroxyl groups is 1. The molecule has 0 radical (unpaired) electrons. The van der Waals surface area contributed by atoms with E-state index < -0.39 is 5.97 Å². The molecule has 2 rings (SSSR count). The molecule has 0 saturated heterocycles. The average Bonchev–Trinajstić information content (AvgIpc) is 2.95. The first-order chi connectivity index (χ1) is 9.61. The van der Waals surface area contributed by atoms with E-state index in [-0.39, 0.29) is 24.3 Å². The van der Waals surface area contributed by atoms with Crippen LogP contribution in [0.3, 0.4) is 0 Å². The van der Waals surface area contributed by atoms with Crippen LogP contribution in [-0.4, -0.2) is 35.2 Å². The number of carboxylic acids is 1. The third-order valence-electron chi connectivity index (χ3n) is 4.99. The number of hydrogen-bond acceptors (Lipinski definition) is 3. The van der Waals surface area contributed by atoms with Crippen molar-refractivity contribution in [2.75, 3.05) is 13.2 Å². The molecule has 3 N–H and O–H groups in total. The van der Waals surface area contributed by atoms with Crippen molar-refractivity contribution in [3.05, 3.63) is 0 Å². The van der Waals surface area contributed by atoms with Crippen molar-refractivity contribution in [1.29, 1.82) is 0 Å². The molecule has 2 saturated carbocycles. The minimum atomic E-state index is -0.784. The fourth-order valence-electron chi connectivity index (χ4n) is 3.61. The van der Waals surface area contributed by atoms with E-state index in [2.05, 4.69) is 5.32 Å².